The summed E-state index contributed by atoms with van der Waals surface area (Å²) in [5.41, 5.74) is 0.611. The van der Waals surface area contributed by atoms with Crippen LogP contribution in [0, 0.1) is 0 Å². The summed E-state index contributed by atoms with van der Waals surface area (Å²) in [6.07, 6.45) is 11.7. The van der Waals surface area contributed by atoms with Crippen LogP contribution in [0.3, 0.4) is 0 Å². The lowest BCUT2D eigenvalue weighted by atomic mass is 10.0. The quantitative estimate of drug-likeness (QED) is 0.298. The molecule has 0 bridgehead atoms. The minimum absolute atomic E-state index is 0.119. The molecule has 0 radical (unpaired) electrons. The van der Waals surface area contributed by atoms with Crippen LogP contribution in [-0.4, -0.2) is 10.9 Å². The van der Waals surface area contributed by atoms with Gasteiger partial charge in [-0.3, -0.25) is 4.79 Å². The third kappa shape index (κ3) is 7.86. The number of benzene rings is 2. The SMILES string of the molecule is CCCCCCCCCCCC(=O)c1ccccc1Oc1cccc(O)c1. The van der Waals surface area contributed by atoms with Crippen molar-refractivity contribution in [1.82, 2.24) is 0 Å². The van der Waals surface area contributed by atoms with Gasteiger partial charge in [0.15, 0.2) is 5.78 Å². The van der Waals surface area contributed by atoms with Crippen LogP contribution in [0.4, 0.5) is 0 Å². The highest BCUT2D eigenvalue weighted by atomic mass is 16.5. The Morgan fingerprint density at radius 1 is 0.852 bits per heavy atom. The number of phenolic OH excluding ortho intramolecular Hbond substituents is 1. The number of unbranched alkanes of at least 4 members (excludes halogenated alkanes) is 8. The number of hydrogen-bond acceptors (Lipinski definition) is 3. The molecule has 0 heterocycles. The number of rotatable bonds is 13. The van der Waals surface area contributed by atoms with Gasteiger partial charge < -0.3 is 9.84 Å². The highest BCUT2D eigenvalue weighted by molar-refractivity contribution is 5.98. The van der Waals surface area contributed by atoms with Gasteiger partial charge in [-0.1, -0.05) is 76.5 Å². The van der Waals surface area contributed by atoms with Crippen molar-refractivity contribution in [3.63, 3.8) is 0 Å². The van der Waals surface area contributed by atoms with Crippen LogP contribution in [0.5, 0.6) is 17.2 Å². The Kier molecular flexibility index (Phi) is 9.47. The molecule has 0 saturated carbocycles. The standard InChI is InChI=1S/C24H32O3/c1-2-3-4-5-6-7-8-9-10-17-23(26)22-16-11-12-18-24(22)27-21-15-13-14-20(25)19-21/h11-16,18-19,25H,2-10,17H2,1H3. The molecule has 0 amide bonds. The van der Waals surface area contributed by atoms with Gasteiger partial charge in [-0.05, 0) is 30.7 Å². The third-order valence-electron chi connectivity index (χ3n) is 4.74. The summed E-state index contributed by atoms with van der Waals surface area (Å²) in [6, 6.07) is 13.9. The first-order valence-corrected chi connectivity index (χ1v) is 10.3. The van der Waals surface area contributed by atoms with E-state index in [0.717, 1.165) is 12.8 Å². The van der Waals surface area contributed by atoms with Crippen molar-refractivity contribution in [2.75, 3.05) is 0 Å². The van der Waals surface area contributed by atoms with E-state index in [9.17, 15) is 9.90 Å². The summed E-state index contributed by atoms with van der Waals surface area (Å²) < 4.78 is 5.82. The van der Waals surface area contributed by atoms with Crippen molar-refractivity contribution in [2.45, 2.75) is 71.1 Å². The molecular formula is C24H32O3. The number of hydrogen-bond donors (Lipinski definition) is 1. The molecule has 3 heteroatoms. The molecule has 0 aliphatic rings. The van der Waals surface area contributed by atoms with Crippen LogP contribution in [0.25, 0.3) is 0 Å². The van der Waals surface area contributed by atoms with E-state index in [1.807, 2.05) is 18.2 Å². The van der Waals surface area contributed by atoms with Crippen molar-refractivity contribution in [3.8, 4) is 17.2 Å². The minimum atomic E-state index is 0.119. The zero-order valence-electron chi connectivity index (χ0n) is 16.5. The van der Waals surface area contributed by atoms with Gasteiger partial charge in [-0.15, -0.1) is 0 Å². The monoisotopic (exact) mass is 368 g/mol. The maximum atomic E-state index is 12.6. The number of carbonyl (C=O) groups is 1. The summed E-state index contributed by atoms with van der Waals surface area (Å²) in [6.45, 7) is 2.24. The normalized spacial score (nSPS) is 10.7. The average Bonchev–Trinajstić information content (AvgIpc) is 2.67. The van der Waals surface area contributed by atoms with Gasteiger partial charge >= 0.3 is 0 Å². The van der Waals surface area contributed by atoms with Gasteiger partial charge in [0.25, 0.3) is 0 Å². The van der Waals surface area contributed by atoms with Crippen LogP contribution in [0.1, 0.15) is 81.5 Å². The van der Waals surface area contributed by atoms with Gasteiger partial charge in [-0.25, -0.2) is 0 Å². The Labute approximate surface area is 163 Å². The Morgan fingerprint density at radius 2 is 1.52 bits per heavy atom. The zero-order valence-corrected chi connectivity index (χ0v) is 16.5. The fourth-order valence-corrected chi connectivity index (χ4v) is 3.19. The molecule has 27 heavy (non-hydrogen) atoms. The van der Waals surface area contributed by atoms with Crippen molar-refractivity contribution < 1.29 is 14.6 Å². The molecule has 2 rings (SSSR count). The number of ketones is 1. The van der Waals surface area contributed by atoms with E-state index >= 15 is 0 Å². The average molecular weight is 369 g/mol. The second-order valence-electron chi connectivity index (χ2n) is 7.10. The van der Waals surface area contributed by atoms with Gasteiger partial charge in [0.05, 0.1) is 5.56 Å². The molecule has 2 aromatic rings. The molecule has 0 unspecified atom stereocenters. The van der Waals surface area contributed by atoms with E-state index in [0.29, 0.717) is 23.5 Å². The first kappa shape index (κ1) is 21.0. The van der Waals surface area contributed by atoms with Gasteiger partial charge in [0, 0.05) is 12.5 Å². The first-order chi connectivity index (χ1) is 13.2. The fourth-order valence-electron chi connectivity index (χ4n) is 3.19. The topological polar surface area (TPSA) is 46.5 Å². The van der Waals surface area contributed by atoms with Gasteiger partial charge in [0.2, 0.25) is 0 Å². The summed E-state index contributed by atoms with van der Waals surface area (Å²) >= 11 is 0. The van der Waals surface area contributed by atoms with Gasteiger partial charge in [0.1, 0.15) is 17.2 Å². The molecule has 3 nitrogen and oxygen atoms in total. The highest BCUT2D eigenvalue weighted by Gasteiger charge is 2.12. The third-order valence-corrected chi connectivity index (χ3v) is 4.74. The molecule has 0 fully saturated rings. The van der Waals surface area contributed by atoms with Gasteiger partial charge in [-0.2, -0.15) is 0 Å². The lowest BCUT2D eigenvalue weighted by Crippen LogP contribution is -2.01. The number of phenols is 1. The molecule has 0 spiro atoms. The molecule has 146 valence electrons. The number of para-hydroxylation sites is 1. The Morgan fingerprint density at radius 3 is 2.22 bits per heavy atom. The van der Waals surface area contributed by atoms with Crippen molar-refractivity contribution in [1.29, 1.82) is 0 Å². The molecule has 2 aromatic carbocycles. The van der Waals surface area contributed by atoms with E-state index in [-0.39, 0.29) is 11.5 Å². The maximum Gasteiger partial charge on any atom is 0.166 e. The summed E-state index contributed by atoms with van der Waals surface area (Å²) in [5.74, 6) is 1.34. The van der Waals surface area contributed by atoms with Crippen molar-refractivity contribution >= 4 is 5.78 Å². The van der Waals surface area contributed by atoms with Crippen LogP contribution >= 0.6 is 0 Å². The Hall–Kier alpha value is -2.29. The molecule has 0 saturated heterocycles. The fraction of sp³-hybridized carbons (Fsp3) is 0.458. The van der Waals surface area contributed by atoms with Crippen LogP contribution in [-0.2, 0) is 0 Å². The molecular weight excluding hydrogens is 336 g/mol. The predicted octanol–water partition coefficient (Wildman–Crippen LogP) is 7.29. The minimum Gasteiger partial charge on any atom is -0.508 e. The van der Waals surface area contributed by atoms with E-state index < -0.39 is 0 Å². The lowest BCUT2D eigenvalue weighted by Gasteiger charge is -2.10. The smallest absolute Gasteiger partial charge is 0.166 e. The number of carbonyl (C=O) groups excluding carboxylic acids is 1. The molecule has 1 N–H and O–H groups in total. The van der Waals surface area contributed by atoms with E-state index in [1.54, 1.807) is 30.3 Å². The van der Waals surface area contributed by atoms with Crippen molar-refractivity contribution in [3.05, 3.63) is 54.1 Å². The summed E-state index contributed by atoms with van der Waals surface area (Å²) in [4.78, 5) is 12.6. The molecule has 0 aliphatic carbocycles. The van der Waals surface area contributed by atoms with E-state index in [4.69, 9.17) is 4.74 Å². The largest absolute Gasteiger partial charge is 0.508 e. The Bertz CT molecular complexity index is 694. The van der Waals surface area contributed by atoms with Crippen LogP contribution in [0.2, 0.25) is 0 Å². The zero-order chi connectivity index (χ0) is 19.3. The van der Waals surface area contributed by atoms with Crippen molar-refractivity contribution in [2.24, 2.45) is 0 Å². The van der Waals surface area contributed by atoms with Crippen LogP contribution in [0.15, 0.2) is 48.5 Å². The summed E-state index contributed by atoms with van der Waals surface area (Å²) in [7, 11) is 0. The van der Waals surface area contributed by atoms with Crippen LogP contribution < -0.4 is 4.74 Å². The second-order valence-corrected chi connectivity index (χ2v) is 7.10. The molecule has 0 aliphatic heterocycles. The number of Topliss-reactive ketones (excluding diaryl/α,β-unsaturated/α-hetero) is 1. The first-order valence-electron chi connectivity index (χ1n) is 10.3. The number of aromatic hydroxyl groups is 1. The molecule has 0 aromatic heterocycles. The Balaban J connectivity index is 1.76. The molecule has 0 atom stereocenters. The highest BCUT2D eigenvalue weighted by Crippen LogP contribution is 2.28. The van der Waals surface area contributed by atoms with E-state index in [2.05, 4.69) is 6.92 Å². The summed E-state index contributed by atoms with van der Waals surface area (Å²) in [5, 5.41) is 9.57. The van der Waals surface area contributed by atoms with E-state index in [1.165, 1.54) is 44.9 Å². The number of ether oxygens (including phenoxy) is 1. The maximum absolute atomic E-state index is 12.6. The predicted molar refractivity (Wildman–Crippen MR) is 111 cm³/mol. The second kappa shape index (κ2) is 12.2. The lowest BCUT2D eigenvalue weighted by molar-refractivity contribution is 0.0977.